The number of aryl methyl sites for hydroxylation is 1. The Hall–Kier alpha value is -1.56. The predicted octanol–water partition coefficient (Wildman–Crippen LogP) is 3.08. The molecule has 0 aliphatic heterocycles. The Labute approximate surface area is 120 Å². The zero-order valence-corrected chi connectivity index (χ0v) is 12.7. The largest absolute Gasteiger partial charge is 0.480 e. The zero-order valence-electron chi connectivity index (χ0n) is 11.1. The topological polar surface area (TPSA) is 69.6 Å². The number of likely N-dealkylation sites (N-methyl/N-ethyl adjacent to an activating group) is 1. The molecule has 2 N–H and O–H groups in total. The van der Waals surface area contributed by atoms with Crippen LogP contribution in [0, 0.1) is 6.92 Å². The number of carboxylic acids is 1. The van der Waals surface area contributed by atoms with Crippen LogP contribution in [0.2, 0.25) is 0 Å². The molecule has 0 heterocycles. The van der Waals surface area contributed by atoms with Crippen molar-refractivity contribution in [2.24, 2.45) is 0 Å². The van der Waals surface area contributed by atoms with E-state index in [1.807, 2.05) is 13.0 Å². The number of hydrogen-bond donors (Lipinski definition) is 2. The maximum atomic E-state index is 11.9. The summed E-state index contributed by atoms with van der Waals surface area (Å²) in [5, 5.41) is 11.7. The fraction of sp³-hybridized carbons (Fsp3) is 0.385. The van der Waals surface area contributed by atoms with Crippen molar-refractivity contribution in [3.8, 4) is 0 Å². The van der Waals surface area contributed by atoms with E-state index in [1.165, 1.54) is 11.9 Å². The normalized spacial score (nSPS) is 11.8. The Kier molecular flexibility index (Phi) is 5.35. The molecule has 0 aliphatic rings. The highest BCUT2D eigenvalue weighted by atomic mass is 79.9. The summed E-state index contributed by atoms with van der Waals surface area (Å²) in [6.45, 7) is 3.67. The first-order chi connectivity index (χ1) is 8.86. The molecule has 19 heavy (non-hydrogen) atoms. The lowest BCUT2D eigenvalue weighted by Gasteiger charge is -2.24. The molecule has 6 heteroatoms. The SMILES string of the molecule is CCC(C(=O)O)N(C)C(=O)Nc1ccc(C)c(Br)c1. The maximum absolute atomic E-state index is 11.9. The van der Waals surface area contributed by atoms with Gasteiger partial charge in [-0.1, -0.05) is 28.9 Å². The molecule has 1 rings (SSSR count). The zero-order chi connectivity index (χ0) is 14.6. The molecular weight excluding hydrogens is 312 g/mol. The van der Waals surface area contributed by atoms with Crippen LogP contribution < -0.4 is 5.32 Å². The summed E-state index contributed by atoms with van der Waals surface area (Å²) >= 11 is 3.38. The van der Waals surface area contributed by atoms with Crippen LogP contribution in [-0.4, -0.2) is 35.1 Å². The monoisotopic (exact) mass is 328 g/mol. The van der Waals surface area contributed by atoms with Gasteiger partial charge in [0.15, 0.2) is 0 Å². The van der Waals surface area contributed by atoms with Crippen LogP contribution in [-0.2, 0) is 4.79 Å². The number of urea groups is 1. The van der Waals surface area contributed by atoms with Gasteiger partial charge in [-0.05, 0) is 31.0 Å². The van der Waals surface area contributed by atoms with Gasteiger partial charge in [0, 0.05) is 17.2 Å². The molecular formula is C13H17BrN2O3. The third-order valence-electron chi connectivity index (χ3n) is 2.88. The number of amides is 2. The van der Waals surface area contributed by atoms with Crippen LogP contribution in [0.15, 0.2) is 22.7 Å². The second-order valence-electron chi connectivity index (χ2n) is 4.27. The lowest BCUT2D eigenvalue weighted by atomic mass is 10.2. The van der Waals surface area contributed by atoms with Gasteiger partial charge in [-0.25, -0.2) is 9.59 Å². The molecule has 0 fully saturated rings. The average molecular weight is 329 g/mol. The molecule has 0 saturated heterocycles. The van der Waals surface area contributed by atoms with Gasteiger partial charge in [-0.2, -0.15) is 0 Å². The van der Waals surface area contributed by atoms with E-state index in [-0.39, 0.29) is 0 Å². The van der Waals surface area contributed by atoms with E-state index in [1.54, 1.807) is 19.1 Å². The fourth-order valence-electron chi connectivity index (χ4n) is 1.64. The number of carbonyl (C=O) groups excluding carboxylic acids is 1. The van der Waals surface area contributed by atoms with E-state index < -0.39 is 18.0 Å². The van der Waals surface area contributed by atoms with Gasteiger partial charge in [-0.15, -0.1) is 0 Å². The highest BCUT2D eigenvalue weighted by Crippen LogP contribution is 2.21. The van der Waals surface area contributed by atoms with Gasteiger partial charge < -0.3 is 15.3 Å². The van der Waals surface area contributed by atoms with Gasteiger partial charge in [0.1, 0.15) is 6.04 Å². The highest BCUT2D eigenvalue weighted by molar-refractivity contribution is 9.10. The summed E-state index contributed by atoms with van der Waals surface area (Å²) < 4.78 is 0.887. The predicted molar refractivity (Wildman–Crippen MR) is 77.4 cm³/mol. The van der Waals surface area contributed by atoms with Gasteiger partial charge in [0.2, 0.25) is 0 Å². The Balaban J connectivity index is 2.78. The van der Waals surface area contributed by atoms with E-state index in [4.69, 9.17) is 5.11 Å². The molecule has 104 valence electrons. The minimum absolute atomic E-state index is 0.358. The standard InChI is InChI=1S/C13H17BrN2O3/c1-4-11(12(17)18)16(3)13(19)15-9-6-5-8(2)10(14)7-9/h5-7,11H,4H2,1-3H3,(H,15,19)(H,17,18). The van der Waals surface area contributed by atoms with E-state index in [2.05, 4.69) is 21.2 Å². The van der Waals surface area contributed by atoms with Gasteiger partial charge in [-0.3, -0.25) is 0 Å². The number of halogens is 1. The van der Waals surface area contributed by atoms with Crippen LogP contribution in [0.25, 0.3) is 0 Å². The first-order valence-electron chi connectivity index (χ1n) is 5.89. The molecule has 1 atom stereocenters. The third kappa shape index (κ3) is 3.96. The quantitative estimate of drug-likeness (QED) is 0.892. The average Bonchev–Trinajstić information content (AvgIpc) is 2.34. The summed E-state index contributed by atoms with van der Waals surface area (Å²) in [4.78, 5) is 24.1. The van der Waals surface area contributed by atoms with Crippen LogP contribution >= 0.6 is 15.9 Å². The summed E-state index contributed by atoms with van der Waals surface area (Å²) in [6.07, 6.45) is 0.358. The molecule has 1 aromatic carbocycles. The Morgan fingerprint density at radius 2 is 2.11 bits per heavy atom. The third-order valence-corrected chi connectivity index (χ3v) is 3.74. The minimum Gasteiger partial charge on any atom is -0.480 e. The molecule has 0 radical (unpaired) electrons. The van der Waals surface area contributed by atoms with Crippen molar-refractivity contribution in [3.63, 3.8) is 0 Å². The maximum Gasteiger partial charge on any atom is 0.326 e. The first-order valence-corrected chi connectivity index (χ1v) is 6.68. The molecule has 0 saturated carbocycles. The smallest absolute Gasteiger partial charge is 0.326 e. The number of aliphatic carboxylic acids is 1. The van der Waals surface area contributed by atoms with E-state index >= 15 is 0 Å². The van der Waals surface area contributed by atoms with Gasteiger partial charge in [0.05, 0.1) is 0 Å². The number of nitrogens with zero attached hydrogens (tertiary/aromatic N) is 1. The lowest BCUT2D eigenvalue weighted by molar-refractivity contribution is -0.141. The van der Waals surface area contributed by atoms with Crippen LogP contribution in [0.4, 0.5) is 10.5 Å². The molecule has 0 spiro atoms. The summed E-state index contributed by atoms with van der Waals surface area (Å²) in [6, 6.07) is 4.16. The Morgan fingerprint density at radius 1 is 1.47 bits per heavy atom. The van der Waals surface area contributed by atoms with Crippen molar-refractivity contribution in [1.29, 1.82) is 0 Å². The van der Waals surface area contributed by atoms with E-state index in [0.29, 0.717) is 12.1 Å². The van der Waals surface area contributed by atoms with E-state index in [9.17, 15) is 9.59 Å². The van der Waals surface area contributed by atoms with Crippen molar-refractivity contribution in [3.05, 3.63) is 28.2 Å². The first kappa shape index (κ1) is 15.5. The van der Waals surface area contributed by atoms with Gasteiger partial charge >= 0.3 is 12.0 Å². The minimum atomic E-state index is -1.01. The Bertz CT molecular complexity index is 491. The van der Waals surface area contributed by atoms with Crippen molar-refractivity contribution >= 4 is 33.6 Å². The van der Waals surface area contributed by atoms with E-state index in [0.717, 1.165) is 10.0 Å². The van der Waals surface area contributed by atoms with Gasteiger partial charge in [0.25, 0.3) is 0 Å². The number of nitrogens with one attached hydrogen (secondary N) is 1. The van der Waals surface area contributed by atoms with Crippen LogP contribution in [0.5, 0.6) is 0 Å². The van der Waals surface area contributed by atoms with Crippen molar-refractivity contribution < 1.29 is 14.7 Å². The highest BCUT2D eigenvalue weighted by Gasteiger charge is 2.24. The molecule has 0 aromatic heterocycles. The number of benzene rings is 1. The summed E-state index contributed by atoms with van der Waals surface area (Å²) in [5.74, 6) is -1.01. The second kappa shape index (κ2) is 6.56. The van der Waals surface area contributed by atoms with Crippen molar-refractivity contribution in [2.45, 2.75) is 26.3 Å². The molecule has 1 unspecified atom stereocenters. The molecule has 0 bridgehead atoms. The number of carboxylic acid groups (broad SMARTS) is 1. The number of rotatable bonds is 4. The Morgan fingerprint density at radius 3 is 2.58 bits per heavy atom. The van der Waals surface area contributed by atoms with Crippen LogP contribution in [0.1, 0.15) is 18.9 Å². The second-order valence-corrected chi connectivity index (χ2v) is 5.12. The number of anilines is 1. The summed E-state index contributed by atoms with van der Waals surface area (Å²) in [7, 11) is 1.47. The van der Waals surface area contributed by atoms with Crippen LogP contribution in [0.3, 0.4) is 0 Å². The number of hydrogen-bond acceptors (Lipinski definition) is 2. The molecule has 1 aromatic rings. The summed E-state index contributed by atoms with van der Waals surface area (Å²) in [5.41, 5.74) is 1.68. The molecule has 0 aliphatic carbocycles. The number of carbonyl (C=O) groups is 2. The molecule has 2 amide bonds. The van der Waals surface area contributed by atoms with Crippen molar-refractivity contribution in [2.75, 3.05) is 12.4 Å². The fourth-order valence-corrected chi connectivity index (χ4v) is 2.02. The molecule has 5 nitrogen and oxygen atoms in total. The van der Waals surface area contributed by atoms with Crippen molar-refractivity contribution in [1.82, 2.24) is 4.90 Å². The lowest BCUT2D eigenvalue weighted by Crippen LogP contribution is -2.44.